The Hall–Kier alpha value is -1.44. The van der Waals surface area contributed by atoms with Crippen molar-refractivity contribution >= 4 is 23.5 Å². The van der Waals surface area contributed by atoms with Crippen LogP contribution in [0.5, 0.6) is 0 Å². The lowest BCUT2D eigenvalue weighted by atomic mass is 10.3. The molecule has 8 heteroatoms. The fourth-order valence-corrected chi connectivity index (χ4v) is 2.72. The molecule has 0 spiro atoms. The fraction of sp³-hybridized carbons (Fsp3) is 0.455. The predicted molar refractivity (Wildman–Crippen MR) is 66.4 cm³/mol. The Labute approximate surface area is 112 Å². The van der Waals surface area contributed by atoms with Gasteiger partial charge in [-0.1, -0.05) is 0 Å². The number of hydrogen-bond donors (Lipinski definition) is 0. The van der Waals surface area contributed by atoms with Crippen LogP contribution in [-0.4, -0.2) is 48.0 Å². The monoisotopic (exact) mass is 291 g/mol. The third-order valence-electron chi connectivity index (χ3n) is 2.57. The summed E-state index contributed by atoms with van der Waals surface area (Å²) >= 11 is 1.49. The van der Waals surface area contributed by atoms with Crippen LogP contribution in [0, 0.1) is 0 Å². The number of aromatic nitrogens is 1. The predicted octanol–water partition coefficient (Wildman–Crippen LogP) is 2.61. The number of halogens is 3. The van der Waals surface area contributed by atoms with Crippen molar-refractivity contribution in [1.82, 2.24) is 9.88 Å². The molecule has 0 saturated heterocycles. The van der Waals surface area contributed by atoms with Crippen molar-refractivity contribution in [3.05, 3.63) is 18.3 Å². The number of alkyl halides is 3. The van der Waals surface area contributed by atoms with E-state index in [1.807, 2.05) is 0 Å². The van der Waals surface area contributed by atoms with Crippen LogP contribution in [0.1, 0.15) is 0 Å². The Bertz CT molecular complexity index is 480. The lowest BCUT2D eigenvalue weighted by Gasteiger charge is -2.32. The molecular weight excluding hydrogens is 279 g/mol. The first-order chi connectivity index (χ1) is 8.88. The van der Waals surface area contributed by atoms with E-state index in [2.05, 4.69) is 4.98 Å². The lowest BCUT2D eigenvalue weighted by Crippen LogP contribution is -2.47. The zero-order valence-corrected chi connectivity index (χ0v) is 11.0. The number of urea groups is 1. The van der Waals surface area contributed by atoms with Gasteiger partial charge in [0.15, 0.2) is 0 Å². The van der Waals surface area contributed by atoms with Gasteiger partial charge in [0.1, 0.15) is 11.6 Å². The largest absolute Gasteiger partial charge is 0.406 e. The summed E-state index contributed by atoms with van der Waals surface area (Å²) in [6, 6.07) is 2.69. The summed E-state index contributed by atoms with van der Waals surface area (Å²) in [4.78, 5) is 18.2. The van der Waals surface area contributed by atoms with Crippen LogP contribution in [0.15, 0.2) is 23.4 Å². The molecule has 0 aliphatic carbocycles. The van der Waals surface area contributed by atoms with Crippen LogP contribution in [0.4, 0.5) is 23.7 Å². The van der Waals surface area contributed by atoms with Crippen LogP contribution in [0.3, 0.4) is 0 Å². The van der Waals surface area contributed by atoms with Gasteiger partial charge < -0.3 is 4.90 Å². The molecule has 0 radical (unpaired) electrons. The van der Waals surface area contributed by atoms with Gasteiger partial charge in [-0.3, -0.25) is 4.90 Å². The summed E-state index contributed by atoms with van der Waals surface area (Å²) in [6.07, 6.45) is -2.80. The number of thioether (sulfide) groups is 1. The van der Waals surface area contributed by atoms with Crippen molar-refractivity contribution < 1.29 is 18.0 Å². The quantitative estimate of drug-likeness (QED) is 0.798. The topological polar surface area (TPSA) is 36.4 Å². The van der Waals surface area contributed by atoms with Gasteiger partial charge in [-0.2, -0.15) is 13.2 Å². The van der Waals surface area contributed by atoms with Crippen molar-refractivity contribution in [3.63, 3.8) is 0 Å². The van der Waals surface area contributed by atoms with Crippen LogP contribution in [-0.2, 0) is 0 Å². The molecule has 0 fully saturated rings. The van der Waals surface area contributed by atoms with E-state index in [1.54, 1.807) is 18.3 Å². The summed E-state index contributed by atoms with van der Waals surface area (Å²) in [5.74, 6) is 0.621. The van der Waals surface area contributed by atoms with Gasteiger partial charge in [0, 0.05) is 25.5 Å². The lowest BCUT2D eigenvalue weighted by molar-refractivity contribution is -0.137. The van der Waals surface area contributed by atoms with Gasteiger partial charge in [0.2, 0.25) is 0 Å². The molecule has 19 heavy (non-hydrogen) atoms. The van der Waals surface area contributed by atoms with Crippen LogP contribution < -0.4 is 4.90 Å². The molecule has 0 aromatic carbocycles. The molecule has 1 aliphatic heterocycles. The van der Waals surface area contributed by atoms with Crippen molar-refractivity contribution in [2.24, 2.45) is 0 Å². The Kier molecular flexibility index (Phi) is 3.88. The summed E-state index contributed by atoms with van der Waals surface area (Å²) in [5.41, 5.74) is 0.567. The van der Waals surface area contributed by atoms with E-state index >= 15 is 0 Å². The van der Waals surface area contributed by atoms with Gasteiger partial charge >= 0.3 is 12.2 Å². The van der Waals surface area contributed by atoms with Gasteiger partial charge in [-0.25, -0.2) is 9.78 Å². The highest BCUT2D eigenvalue weighted by Crippen LogP contribution is 2.33. The van der Waals surface area contributed by atoms with Crippen LogP contribution in [0.2, 0.25) is 0 Å². The minimum absolute atomic E-state index is 0.379. The number of pyridine rings is 1. The second-order valence-corrected chi connectivity index (χ2v) is 5.17. The molecule has 0 N–H and O–H groups in total. The molecule has 0 saturated carbocycles. The second kappa shape index (κ2) is 5.28. The summed E-state index contributed by atoms with van der Waals surface area (Å²) in [5, 5.41) is 0.669. The molecule has 2 amide bonds. The van der Waals surface area contributed by atoms with E-state index in [1.165, 1.54) is 16.7 Å². The standard InChI is InChI=1S/C11H12F3N3OS/c1-16(7-11(12,13)14)10(18)17-5-6-19-9-8(17)3-2-4-15-9/h2-4H,5-7H2,1H3. The zero-order valence-electron chi connectivity index (χ0n) is 10.1. The minimum atomic E-state index is -4.40. The molecule has 1 aromatic rings. The molecule has 0 unspecified atom stereocenters. The molecule has 4 nitrogen and oxygen atoms in total. The first-order valence-corrected chi connectivity index (χ1v) is 6.54. The Morgan fingerprint density at radius 3 is 3.00 bits per heavy atom. The fourth-order valence-electron chi connectivity index (χ4n) is 1.79. The SMILES string of the molecule is CN(CC(F)(F)F)C(=O)N1CCSc2ncccc21. The number of nitrogens with zero attached hydrogens (tertiary/aromatic N) is 3. The first-order valence-electron chi connectivity index (χ1n) is 5.56. The minimum Gasteiger partial charge on any atom is -0.318 e. The second-order valence-electron chi connectivity index (χ2n) is 4.08. The third-order valence-corrected chi connectivity index (χ3v) is 3.54. The third kappa shape index (κ3) is 3.31. The van der Waals surface area contributed by atoms with Crippen LogP contribution in [0.25, 0.3) is 0 Å². The van der Waals surface area contributed by atoms with Crippen molar-refractivity contribution in [1.29, 1.82) is 0 Å². The number of carbonyl (C=O) groups excluding carboxylic acids is 1. The number of rotatable bonds is 1. The molecule has 0 atom stereocenters. The number of amides is 2. The molecule has 1 aromatic heterocycles. The van der Waals surface area contributed by atoms with E-state index in [4.69, 9.17) is 0 Å². The molecule has 2 heterocycles. The van der Waals surface area contributed by atoms with E-state index in [0.29, 0.717) is 27.9 Å². The molecule has 1 aliphatic rings. The van der Waals surface area contributed by atoms with Gasteiger partial charge in [0.25, 0.3) is 0 Å². The Balaban J connectivity index is 2.17. The average molecular weight is 291 g/mol. The van der Waals surface area contributed by atoms with E-state index in [9.17, 15) is 18.0 Å². The molecule has 0 bridgehead atoms. The summed E-state index contributed by atoms with van der Waals surface area (Å²) in [7, 11) is 1.15. The van der Waals surface area contributed by atoms with Gasteiger partial charge in [-0.15, -0.1) is 11.8 Å². The molecular formula is C11H12F3N3OS. The van der Waals surface area contributed by atoms with Crippen LogP contribution >= 0.6 is 11.8 Å². The highest BCUT2D eigenvalue weighted by atomic mass is 32.2. The summed E-state index contributed by atoms with van der Waals surface area (Å²) in [6.45, 7) is -0.880. The highest BCUT2D eigenvalue weighted by Gasteiger charge is 2.34. The Morgan fingerprint density at radius 2 is 2.32 bits per heavy atom. The number of hydrogen-bond acceptors (Lipinski definition) is 3. The van der Waals surface area contributed by atoms with Crippen molar-refractivity contribution in [3.8, 4) is 0 Å². The van der Waals surface area contributed by atoms with Gasteiger partial charge in [-0.05, 0) is 12.1 Å². The maximum absolute atomic E-state index is 12.3. The first kappa shape index (κ1) is 14.0. The number of carbonyl (C=O) groups is 1. The number of anilines is 1. The maximum Gasteiger partial charge on any atom is 0.406 e. The van der Waals surface area contributed by atoms with E-state index in [-0.39, 0.29) is 0 Å². The smallest absolute Gasteiger partial charge is 0.318 e. The zero-order chi connectivity index (χ0) is 14.0. The maximum atomic E-state index is 12.3. The van der Waals surface area contributed by atoms with E-state index in [0.717, 1.165) is 7.05 Å². The van der Waals surface area contributed by atoms with E-state index < -0.39 is 18.8 Å². The summed E-state index contributed by atoms with van der Waals surface area (Å²) < 4.78 is 36.9. The molecule has 2 rings (SSSR count). The van der Waals surface area contributed by atoms with Crippen molar-refractivity contribution in [2.45, 2.75) is 11.2 Å². The average Bonchev–Trinajstić information content (AvgIpc) is 2.35. The normalized spacial score (nSPS) is 15.1. The van der Waals surface area contributed by atoms with Crippen molar-refractivity contribution in [2.75, 3.05) is 30.8 Å². The highest BCUT2D eigenvalue weighted by molar-refractivity contribution is 7.99. The van der Waals surface area contributed by atoms with Gasteiger partial charge in [0.05, 0.1) is 5.69 Å². The molecule has 104 valence electrons. The Morgan fingerprint density at radius 1 is 1.58 bits per heavy atom. The number of fused-ring (bicyclic) bond motifs is 1.